The minimum atomic E-state index is 0.700. The van der Waals surface area contributed by atoms with Gasteiger partial charge in [-0.3, -0.25) is 14.5 Å². The predicted molar refractivity (Wildman–Crippen MR) is 122 cm³/mol. The van der Waals surface area contributed by atoms with Gasteiger partial charge in [-0.05, 0) is 43.6 Å². The molecular weight excluding hydrogens is 410 g/mol. The largest absolute Gasteiger partial charge is 0.366 e. The van der Waals surface area contributed by atoms with Crippen LogP contribution in [0.5, 0.6) is 0 Å². The van der Waals surface area contributed by atoms with Gasteiger partial charge in [0.1, 0.15) is 5.00 Å². The maximum Gasteiger partial charge on any atom is 0.180 e. The number of H-pyrrole nitrogens is 1. The molecule has 0 saturated heterocycles. The normalized spacial score (nSPS) is 11.2. The first-order valence-corrected chi connectivity index (χ1v) is 10.7. The van der Waals surface area contributed by atoms with Crippen molar-refractivity contribution in [1.29, 1.82) is 0 Å². The fourth-order valence-electron chi connectivity index (χ4n) is 3.50. The molecule has 0 atom stereocenters. The van der Waals surface area contributed by atoms with Gasteiger partial charge < -0.3 is 10.2 Å². The van der Waals surface area contributed by atoms with Crippen molar-refractivity contribution >= 4 is 33.7 Å². The number of aromatic amines is 1. The number of imidazole rings is 1. The Morgan fingerprint density at radius 1 is 1.23 bits per heavy atom. The summed E-state index contributed by atoms with van der Waals surface area (Å²) in [5.41, 5.74) is 5.70. The second-order valence-corrected chi connectivity index (χ2v) is 7.89. The molecule has 0 saturated carbocycles. The van der Waals surface area contributed by atoms with Crippen LogP contribution < -0.4 is 10.2 Å². The summed E-state index contributed by atoms with van der Waals surface area (Å²) in [7, 11) is 0. The third-order valence-corrected chi connectivity index (χ3v) is 5.71. The zero-order valence-electron chi connectivity index (χ0n) is 17.1. The quantitative estimate of drug-likeness (QED) is 0.401. The number of aromatic nitrogens is 7. The van der Waals surface area contributed by atoms with Crippen LogP contribution in [0.3, 0.4) is 0 Å². The summed E-state index contributed by atoms with van der Waals surface area (Å²) in [5.74, 6) is 0.700. The molecule has 0 aliphatic rings. The average molecular weight is 432 g/mol. The Balaban J connectivity index is 1.40. The number of hydrogen-bond donors (Lipinski definition) is 2. The van der Waals surface area contributed by atoms with Crippen LogP contribution in [0.1, 0.15) is 18.3 Å². The lowest BCUT2D eigenvalue weighted by Crippen LogP contribution is -2.22. The highest BCUT2D eigenvalue weighted by Gasteiger charge is 2.14. The van der Waals surface area contributed by atoms with E-state index in [0.717, 1.165) is 52.1 Å². The monoisotopic (exact) mass is 431 g/mol. The second kappa shape index (κ2) is 8.15. The summed E-state index contributed by atoms with van der Waals surface area (Å²) < 4.78 is 6.66. The van der Waals surface area contributed by atoms with Gasteiger partial charge in [0.2, 0.25) is 0 Å². The van der Waals surface area contributed by atoms with Gasteiger partial charge in [-0.2, -0.15) is 9.47 Å². The number of pyridine rings is 1. The first-order chi connectivity index (χ1) is 15.2. The molecule has 0 fully saturated rings. The zero-order valence-corrected chi connectivity index (χ0v) is 18.0. The molecule has 0 amide bonds. The Labute approximate surface area is 183 Å². The number of aryl methyl sites for hydroxylation is 1. The van der Waals surface area contributed by atoms with Crippen molar-refractivity contribution in [2.75, 3.05) is 16.8 Å². The van der Waals surface area contributed by atoms with Crippen molar-refractivity contribution in [3.8, 4) is 11.3 Å². The maximum absolute atomic E-state index is 4.67. The molecule has 156 valence electrons. The third kappa shape index (κ3) is 3.84. The van der Waals surface area contributed by atoms with Crippen molar-refractivity contribution in [2.24, 2.45) is 0 Å². The predicted octanol–water partition coefficient (Wildman–Crippen LogP) is 4.05. The molecule has 0 unspecified atom stereocenters. The fourth-order valence-corrected chi connectivity index (χ4v) is 4.15. The first kappa shape index (κ1) is 19.2. The van der Waals surface area contributed by atoms with Crippen molar-refractivity contribution < 1.29 is 0 Å². The van der Waals surface area contributed by atoms with Crippen molar-refractivity contribution in [3.63, 3.8) is 0 Å². The summed E-state index contributed by atoms with van der Waals surface area (Å²) in [6.07, 6.45) is 11.1. The van der Waals surface area contributed by atoms with Crippen molar-refractivity contribution in [1.82, 2.24) is 33.9 Å². The van der Waals surface area contributed by atoms with Crippen LogP contribution in [0, 0.1) is 6.92 Å². The standard InChI is InChI=1S/C21H21N9S/c1-3-29(17-4-6-22-7-5-17)13-16-8-19(31-28-16)27-20-21-23-11-18(15-9-24-25-10-15)30(21)12-14(2)26-20/h4-12H,3,13H2,1-2H3,(H,24,25)(H,26,27). The summed E-state index contributed by atoms with van der Waals surface area (Å²) in [6.45, 7) is 5.71. The van der Waals surface area contributed by atoms with Gasteiger partial charge >= 0.3 is 0 Å². The molecule has 5 rings (SSSR count). The van der Waals surface area contributed by atoms with E-state index in [4.69, 9.17) is 0 Å². The van der Waals surface area contributed by atoms with Crippen LogP contribution in [0.2, 0.25) is 0 Å². The number of anilines is 3. The van der Waals surface area contributed by atoms with E-state index in [-0.39, 0.29) is 0 Å². The smallest absolute Gasteiger partial charge is 0.180 e. The molecule has 0 aliphatic carbocycles. The number of hydrogen-bond acceptors (Lipinski definition) is 8. The molecule has 0 bridgehead atoms. The van der Waals surface area contributed by atoms with Crippen LogP contribution in [0.4, 0.5) is 16.5 Å². The van der Waals surface area contributed by atoms with Gasteiger partial charge in [0.15, 0.2) is 11.5 Å². The van der Waals surface area contributed by atoms with Crippen LogP contribution >= 0.6 is 11.5 Å². The second-order valence-electron chi connectivity index (χ2n) is 7.08. The number of nitrogens with zero attached hydrogens (tertiary/aromatic N) is 7. The summed E-state index contributed by atoms with van der Waals surface area (Å²) in [6, 6.07) is 6.09. The molecule has 5 aromatic heterocycles. The van der Waals surface area contributed by atoms with Crippen molar-refractivity contribution in [3.05, 3.63) is 66.8 Å². The molecule has 9 nitrogen and oxygen atoms in total. The summed E-state index contributed by atoms with van der Waals surface area (Å²) in [4.78, 5) is 15.6. The molecule has 5 heterocycles. The Kier molecular flexibility index (Phi) is 5.04. The Bertz CT molecular complexity index is 1290. The van der Waals surface area contributed by atoms with E-state index < -0.39 is 0 Å². The van der Waals surface area contributed by atoms with Crippen LogP contribution in [-0.4, -0.2) is 40.5 Å². The van der Waals surface area contributed by atoms with Crippen molar-refractivity contribution in [2.45, 2.75) is 20.4 Å². The Morgan fingerprint density at radius 3 is 2.87 bits per heavy atom. The molecule has 0 aromatic carbocycles. The highest BCUT2D eigenvalue weighted by Crippen LogP contribution is 2.28. The van der Waals surface area contributed by atoms with E-state index in [1.807, 2.05) is 54.4 Å². The van der Waals surface area contributed by atoms with Gasteiger partial charge in [-0.25, -0.2) is 9.97 Å². The summed E-state index contributed by atoms with van der Waals surface area (Å²) in [5, 5.41) is 11.2. The minimum absolute atomic E-state index is 0.700. The lowest BCUT2D eigenvalue weighted by molar-refractivity contribution is 0.818. The van der Waals surface area contributed by atoms with Gasteiger partial charge in [-0.15, -0.1) is 0 Å². The molecule has 0 radical (unpaired) electrons. The number of nitrogens with one attached hydrogen (secondary N) is 2. The third-order valence-electron chi connectivity index (χ3n) is 4.97. The van der Waals surface area contributed by atoms with Gasteiger partial charge in [0, 0.05) is 42.6 Å². The fraction of sp³-hybridized carbons (Fsp3) is 0.190. The molecule has 10 heteroatoms. The molecule has 0 aliphatic heterocycles. The van der Waals surface area contributed by atoms with E-state index in [9.17, 15) is 0 Å². The topological polar surface area (TPSA) is 99.9 Å². The maximum atomic E-state index is 4.67. The Morgan fingerprint density at radius 2 is 2.10 bits per heavy atom. The molecule has 31 heavy (non-hydrogen) atoms. The van der Waals surface area contributed by atoms with Crippen LogP contribution in [0.25, 0.3) is 16.9 Å². The molecule has 5 aromatic rings. The van der Waals surface area contributed by atoms with Gasteiger partial charge in [0.05, 0.1) is 36.0 Å². The van der Waals surface area contributed by atoms with E-state index in [1.165, 1.54) is 11.5 Å². The van der Waals surface area contributed by atoms with E-state index in [1.54, 1.807) is 6.20 Å². The number of rotatable bonds is 7. The lowest BCUT2D eigenvalue weighted by Gasteiger charge is -2.21. The Hall–Kier alpha value is -3.79. The highest BCUT2D eigenvalue weighted by atomic mass is 32.1. The lowest BCUT2D eigenvalue weighted by atomic mass is 10.3. The van der Waals surface area contributed by atoms with E-state index in [2.05, 4.69) is 52.7 Å². The SMILES string of the molecule is CCN(Cc1cc(Nc2nc(C)cn3c(-c4cn[nH]c4)cnc23)sn1)c1ccncc1. The average Bonchev–Trinajstić information content (AvgIpc) is 3.53. The minimum Gasteiger partial charge on any atom is -0.366 e. The molecule has 0 spiro atoms. The molecular formula is C21H21N9S. The van der Waals surface area contributed by atoms with Crippen LogP contribution in [-0.2, 0) is 6.54 Å². The van der Waals surface area contributed by atoms with Gasteiger partial charge in [0.25, 0.3) is 0 Å². The molecule has 2 N–H and O–H groups in total. The van der Waals surface area contributed by atoms with Gasteiger partial charge in [-0.1, -0.05) is 0 Å². The van der Waals surface area contributed by atoms with Crippen LogP contribution in [0.15, 0.2) is 55.4 Å². The van der Waals surface area contributed by atoms with E-state index in [0.29, 0.717) is 5.82 Å². The van der Waals surface area contributed by atoms with E-state index >= 15 is 0 Å². The summed E-state index contributed by atoms with van der Waals surface area (Å²) >= 11 is 1.42. The number of fused-ring (bicyclic) bond motifs is 1. The zero-order chi connectivity index (χ0) is 21.2. The first-order valence-electron chi connectivity index (χ1n) is 9.92. The highest BCUT2D eigenvalue weighted by molar-refractivity contribution is 7.10.